The van der Waals surface area contributed by atoms with Crippen molar-refractivity contribution in [1.82, 2.24) is 4.98 Å². The highest BCUT2D eigenvalue weighted by molar-refractivity contribution is 6.37. The average molecular weight is 431 g/mol. The number of pyridine rings is 1. The third-order valence-electron chi connectivity index (χ3n) is 4.17. The molecule has 0 aliphatic carbocycles. The predicted molar refractivity (Wildman–Crippen MR) is 118 cm³/mol. The minimum absolute atomic E-state index is 0.00994. The number of fused-ring (bicyclic) bond motifs is 1. The number of benzene rings is 2. The Balaban J connectivity index is 2.20. The molecular weight excluding hydrogens is 411 g/mol. The van der Waals surface area contributed by atoms with Crippen LogP contribution in [0.5, 0.6) is 17.2 Å². The molecule has 0 fully saturated rings. The Bertz CT molecular complexity index is 1110. The Hall–Kier alpha value is -2.81. The van der Waals surface area contributed by atoms with E-state index in [1.807, 2.05) is 26.0 Å². The summed E-state index contributed by atoms with van der Waals surface area (Å²) in [4.78, 5) is 4.47. The van der Waals surface area contributed by atoms with E-state index in [0.29, 0.717) is 49.7 Å². The van der Waals surface area contributed by atoms with Gasteiger partial charge >= 0.3 is 0 Å². The highest BCUT2D eigenvalue weighted by Gasteiger charge is 2.16. The fourth-order valence-corrected chi connectivity index (χ4v) is 3.37. The van der Waals surface area contributed by atoms with Gasteiger partial charge in [0.25, 0.3) is 0 Å². The highest BCUT2D eigenvalue weighted by atomic mass is 35.5. The summed E-state index contributed by atoms with van der Waals surface area (Å²) in [5.41, 5.74) is 2.53. The lowest BCUT2D eigenvalue weighted by molar-refractivity contribution is 0.230. The maximum atomic E-state index is 6.38. The lowest BCUT2D eigenvalue weighted by Crippen LogP contribution is -2.07. The molecule has 0 aliphatic rings. The molecule has 1 N–H and O–H groups in total. The third-order valence-corrected chi connectivity index (χ3v) is 4.78. The van der Waals surface area contributed by atoms with E-state index in [4.69, 9.17) is 43.8 Å². The Morgan fingerprint density at radius 3 is 2.34 bits per heavy atom. The van der Waals surface area contributed by atoms with Crippen molar-refractivity contribution < 1.29 is 14.2 Å². The highest BCUT2D eigenvalue weighted by Crippen LogP contribution is 2.40. The molecule has 0 bridgehead atoms. The molecule has 3 rings (SSSR count). The fraction of sp³-hybridized carbons (Fsp3) is 0.227. The second-order valence-electron chi connectivity index (χ2n) is 6.47. The third kappa shape index (κ3) is 4.29. The van der Waals surface area contributed by atoms with Crippen LogP contribution in [0.1, 0.15) is 19.4 Å². The van der Waals surface area contributed by atoms with Gasteiger partial charge in [0.2, 0.25) is 0 Å². The number of rotatable bonds is 6. The van der Waals surface area contributed by atoms with Crippen LogP contribution >= 0.6 is 23.2 Å². The number of nitrogens with zero attached hydrogens (tertiary/aromatic N) is 1. The number of anilines is 2. The summed E-state index contributed by atoms with van der Waals surface area (Å²) < 4.78 is 16.6. The first-order chi connectivity index (χ1) is 13.9. The number of terminal acetylenes is 1. The van der Waals surface area contributed by atoms with Gasteiger partial charge in [-0.3, -0.25) is 4.98 Å². The topological polar surface area (TPSA) is 52.6 Å². The molecule has 0 spiro atoms. The summed E-state index contributed by atoms with van der Waals surface area (Å²) in [5.74, 6) is 4.32. The van der Waals surface area contributed by atoms with Crippen molar-refractivity contribution in [3.63, 3.8) is 0 Å². The van der Waals surface area contributed by atoms with Crippen LogP contribution in [0.25, 0.3) is 10.9 Å². The minimum Gasteiger partial charge on any atom is -0.495 e. The summed E-state index contributed by atoms with van der Waals surface area (Å²) >= 11 is 12.5. The molecule has 0 atom stereocenters. The van der Waals surface area contributed by atoms with Crippen molar-refractivity contribution in [1.29, 1.82) is 0 Å². The second-order valence-corrected chi connectivity index (χ2v) is 7.28. The number of ether oxygens (including phenoxy) is 3. The molecule has 1 aromatic heterocycles. The molecular formula is C22H20Cl2N2O3. The summed E-state index contributed by atoms with van der Waals surface area (Å²) in [6.45, 7) is 3.89. The summed E-state index contributed by atoms with van der Waals surface area (Å²) in [6, 6.07) is 6.98. The normalized spacial score (nSPS) is 10.7. The van der Waals surface area contributed by atoms with E-state index < -0.39 is 0 Å². The molecule has 0 unspecified atom stereocenters. The predicted octanol–water partition coefficient (Wildman–Crippen LogP) is 6.07. The molecule has 0 amide bonds. The van der Waals surface area contributed by atoms with Gasteiger partial charge in [0, 0.05) is 23.7 Å². The van der Waals surface area contributed by atoms with E-state index in [9.17, 15) is 0 Å². The van der Waals surface area contributed by atoms with E-state index in [1.54, 1.807) is 25.4 Å². The van der Waals surface area contributed by atoms with Gasteiger partial charge in [-0.05, 0) is 26.0 Å². The number of hydrogen-bond donors (Lipinski definition) is 1. The number of halogens is 2. The van der Waals surface area contributed by atoms with Gasteiger partial charge in [-0.1, -0.05) is 29.1 Å². The van der Waals surface area contributed by atoms with E-state index in [-0.39, 0.29) is 6.10 Å². The zero-order valence-corrected chi connectivity index (χ0v) is 18.0. The quantitative estimate of drug-likeness (QED) is 0.480. The van der Waals surface area contributed by atoms with E-state index in [0.717, 1.165) is 5.39 Å². The second kappa shape index (κ2) is 8.69. The van der Waals surface area contributed by atoms with Crippen LogP contribution < -0.4 is 19.5 Å². The first-order valence-corrected chi connectivity index (χ1v) is 9.57. The molecule has 150 valence electrons. The number of aromatic nitrogens is 1. The molecule has 7 heteroatoms. The average Bonchev–Trinajstić information content (AvgIpc) is 2.69. The number of hydrogen-bond acceptors (Lipinski definition) is 5. The van der Waals surface area contributed by atoms with E-state index in [1.165, 1.54) is 7.11 Å². The summed E-state index contributed by atoms with van der Waals surface area (Å²) in [5, 5.41) is 4.90. The van der Waals surface area contributed by atoms with Crippen LogP contribution in [-0.2, 0) is 0 Å². The first kappa shape index (κ1) is 20.9. The Morgan fingerprint density at radius 2 is 1.72 bits per heavy atom. The summed E-state index contributed by atoms with van der Waals surface area (Å²) in [6.07, 6.45) is 7.33. The molecule has 5 nitrogen and oxygen atoms in total. The SMILES string of the molecule is C#Cc1cnc2cc(OC(C)C)c(OC)cc2c1Nc1cc(OC)c(Cl)cc1Cl. The molecule has 0 radical (unpaired) electrons. The van der Waals surface area contributed by atoms with Crippen molar-refractivity contribution in [3.05, 3.63) is 46.1 Å². The van der Waals surface area contributed by atoms with Crippen molar-refractivity contribution in [3.8, 4) is 29.6 Å². The van der Waals surface area contributed by atoms with Gasteiger partial charge in [-0.25, -0.2) is 0 Å². The van der Waals surface area contributed by atoms with Crippen LogP contribution in [-0.4, -0.2) is 25.3 Å². The van der Waals surface area contributed by atoms with Crippen molar-refractivity contribution in [2.75, 3.05) is 19.5 Å². The van der Waals surface area contributed by atoms with E-state index in [2.05, 4.69) is 16.2 Å². The Morgan fingerprint density at radius 1 is 1.00 bits per heavy atom. The van der Waals surface area contributed by atoms with Crippen LogP contribution in [0.4, 0.5) is 11.4 Å². The minimum atomic E-state index is -0.00994. The molecule has 0 saturated heterocycles. The monoisotopic (exact) mass is 430 g/mol. The van der Waals surface area contributed by atoms with Gasteiger partial charge in [-0.2, -0.15) is 0 Å². The maximum absolute atomic E-state index is 6.38. The van der Waals surface area contributed by atoms with E-state index >= 15 is 0 Å². The zero-order chi connectivity index (χ0) is 21.1. The largest absolute Gasteiger partial charge is 0.495 e. The van der Waals surface area contributed by atoms with Gasteiger partial charge < -0.3 is 19.5 Å². The van der Waals surface area contributed by atoms with Crippen molar-refractivity contribution in [2.45, 2.75) is 20.0 Å². The first-order valence-electron chi connectivity index (χ1n) is 8.82. The molecule has 3 aromatic rings. The molecule has 0 aliphatic heterocycles. The lowest BCUT2D eigenvalue weighted by atomic mass is 10.1. The summed E-state index contributed by atoms with van der Waals surface area (Å²) in [7, 11) is 3.12. The number of methoxy groups -OCH3 is 2. The van der Waals surface area contributed by atoms with Gasteiger partial charge in [0.1, 0.15) is 5.75 Å². The zero-order valence-electron chi connectivity index (χ0n) is 16.5. The maximum Gasteiger partial charge on any atom is 0.163 e. The standard InChI is InChI=1S/C22H20Cl2N2O3/c1-6-13-11-25-17-9-21(29-12(2)3)20(28-5)7-14(17)22(13)26-18-10-19(27-4)16(24)8-15(18)23/h1,7-12H,2-5H3,(H,25,26). The van der Waals surface area contributed by atoms with Crippen LogP contribution in [0.15, 0.2) is 30.5 Å². The van der Waals surface area contributed by atoms with Gasteiger partial charge in [0.15, 0.2) is 11.5 Å². The van der Waals surface area contributed by atoms with Crippen LogP contribution in [0.3, 0.4) is 0 Å². The van der Waals surface area contributed by atoms with Gasteiger partial charge in [0.05, 0.1) is 52.8 Å². The van der Waals surface area contributed by atoms with Crippen LogP contribution in [0.2, 0.25) is 10.0 Å². The lowest BCUT2D eigenvalue weighted by Gasteiger charge is -2.18. The van der Waals surface area contributed by atoms with Crippen LogP contribution in [0, 0.1) is 12.3 Å². The van der Waals surface area contributed by atoms with Crippen molar-refractivity contribution >= 4 is 45.5 Å². The Kier molecular flexibility index (Phi) is 6.26. The molecule has 29 heavy (non-hydrogen) atoms. The smallest absolute Gasteiger partial charge is 0.163 e. The van der Waals surface area contributed by atoms with Crippen molar-refractivity contribution in [2.24, 2.45) is 0 Å². The molecule has 0 saturated carbocycles. The fourth-order valence-electron chi connectivity index (χ4n) is 2.87. The molecule has 1 heterocycles. The Labute approximate surface area is 179 Å². The van der Waals surface area contributed by atoms with Gasteiger partial charge in [-0.15, -0.1) is 6.42 Å². The molecule has 2 aromatic carbocycles. The number of nitrogens with one attached hydrogen (secondary N) is 1.